The predicted molar refractivity (Wildman–Crippen MR) is 75.0 cm³/mol. The lowest BCUT2D eigenvalue weighted by Gasteiger charge is -2.14. The molecule has 110 valence electrons. The number of nitrogen functional groups attached to an aromatic ring is 1. The number of esters is 1. The topological polar surface area (TPSA) is 87.2 Å². The smallest absolute Gasteiger partial charge is 0.347 e. The molecule has 0 aliphatic carbocycles. The average Bonchev–Trinajstić information content (AvgIpc) is 2.40. The third kappa shape index (κ3) is 2.49. The summed E-state index contributed by atoms with van der Waals surface area (Å²) in [7, 11) is 1.15. The number of anilines is 1. The molecule has 0 radical (unpaired) electrons. The van der Waals surface area contributed by atoms with Crippen LogP contribution in [0.5, 0.6) is 0 Å². The minimum atomic E-state index is -0.864. The van der Waals surface area contributed by atoms with E-state index in [2.05, 4.69) is 9.72 Å². The van der Waals surface area contributed by atoms with Crippen LogP contribution in [0.1, 0.15) is 21.5 Å². The van der Waals surface area contributed by atoms with Crippen LogP contribution >= 0.6 is 0 Å². The fourth-order valence-corrected chi connectivity index (χ4v) is 2.20. The molecule has 0 fully saturated rings. The number of carbonyl (C=O) groups is 1. The summed E-state index contributed by atoms with van der Waals surface area (Å²) >= 11 is 0. The summed E-state index contributed by atoms with van der Waals surface area (Å²) in [5, 5.41) is 0. The van der Waals surface area contributed by atoms with Crippen molar-refractivity contribution in [3.63, 3.8) is 0 Å². The molecule has 2 rings (SSSR count). The highest BCUT2D eigenvalue weighted by molar-refractivity contribution is 5.93. The van der Waals surface area contributed by atoms with E-state index in [-0.39, 0.29) is 11.4 Å². The number of hydrogen-bond donors (Lipinski definition) is 1. The highest BCUT2D eigenvalue weighted by Gasteiger charge is 2.20. The zero-order valence-corrected chi connectivity index (χ0v) is 11.8. The van der Waals surface area contributed by atoms with E-state index in [1.165, 1.54) is 18.5 Å². The molecule has 0 saturated heterocycles. The van der Waals surface area contributed by atoms with Crippen LogP contribution in [0.4, 0.5) is 10.2 Å². The molecular weight excluding hydrogens is 277 g/mol. The van der Waals surface area contributed by atoms with E-state index in [0.29, 0.717) is 16.8 Å². The van der Waals surface area contributed by atoms with Gasteiger partial charge in [0.05, 0.1) is 12.8 Å². The molecule has 1 heterocycles. The lowest BCUT2D eigenvalue weighted by molar-refractivity contribution is 0.0599. The first-order valence-corrected chi connectivity index (χ1v) is 6.09. The second kappa shape index (κ2) is 5.35. The van der Waals surface area contributed by atoms with Gasteiger partial charge in [0.2, 0.25) is 0 Å². The Kier molecular flexibility index (Phi) is 3.75. The van der Waals surface area contributed by atoms with Crippen LogP contribution in [0.3, 0.4) is 0 Å². The first kappa shape index (κ1) is 14.7. The van der Waals surface area contributed by atoms with Crippen molar-refractivity contribution in [2.75, 3.05) is 12.8 Å². The maximum atomic E-state index is 13.4. The second-order valence-corrected chi connectivity index (χ2v) is 4.56. The van der Waals surface area contributed by atoms with Gasteiger partial charge in [0.1, 0.15) is 18.0 Å². The Morgan fingerprint density at radius 3 is 2.43 bits per heavy atom. The predicted octanol–water partition coefficient (Wildman–Crippen LogP) is 1.36. The Hall–Kier alpha value is -2.70. The van der Waals surface area contributed by atoms with Gasteiger partial charge in [-0.1, -0.05) is 0 Å². The molecule has 2 aromatic rings. The normalized spacial score (nSPS) is 10.5. The summed E-state index contributed by atoms with van der Waals surface area (Å²) in [5.74, 6) is -1.48. The zero-order chi connectivity index (χ0) is 15.7. The molecule has 0 aliphatic heterocycles. The molecular formula is C14H14FN3O3. The molecule has 0 aliphatic rings. The van der Waals surface area contributed by atoms with E-state index >= 15 is 0 Å². The first-order chi connectivity index (χ1) is 9.86. The fraction of sp³-hybridized carbons (Fsp3) is 0.214. The summed E-state index contributed by atoms with van der Waals surface area (Å²) < 4.78 is 19.0. The molecule has 0 saturated carbocycles. The van der Waals surface area contributed by atoms with Gasteiger partial charge in [-0.25, -0.2) is 14.2 Å². The second-order valence-electron chi connectivity index (χ2n) is 4.56. The fourth-order valence-electron chi connectivity index (χ4n) is 2.20. The number of aromatic nitrogens is 2. The van der Waals surface area contributed by atoms with Crippen molar-refractivity contribution in [1.29, 1.82) is 0 Å². The number of rotatable bonds is 2. The van der Waals surface area contributed by atoms with Crippen LogP contribution in [-0.4, -0.2) is 22.6 Å². The number of methoxy groups -OCH3 is 1. The monoisotopic (exact) mass is 291 g/mol. The maximum absolute atomic E-state index is 13.4. The lowest BCUT2D eigenvalue weighted by Crippen LogP contribution is -2.29. The van der Waals surface area contributed by atoms with Crippen molar-refractivity contribution >= 4 is 11.8 Å². The molecule has 0 unspecified atom stereocenters. The van der Waals surface area contributed by atoms with Gasteiger partial charge in [-0.3, -0.25) is 9.36 Å². The third-order valence-electron chi connectivity index (χ3n) is 3.09. The standard InChI is InChI=1S/C14H14FN3O3/c1-7-4-9(15)5-8(2)11(7)18-6-17-12(16)10(13(18)19)14(20)21-3/h4-6H,16H2,1-3H3. The largest absolute Gasteiger partial charge is 0.465 e. The number of aryl methyl sites for hydroxylation is 2. The Morgan fingerprint density at radius 1 is 1.33 bits per heavy atom. The van der Waals surface area contributed by atoms with Crippen molar-refractivity contribution in [2.45, 2.75) is 13.8 Å². The Morgan fingerprint density at radius 2 is 1.90 bits per heavy atom. The molecule has 0 bridgehead atoms. The highest BCUT2D eigenvalue weighted by atomic mass is 19.1. The van der Waals surface area contributed by atoms with Crippen LogP contribution < -0.4 is 11.3 Å². The quantitative estimate of drug-likeness (QED) is 0.844. The van der Waals surface area contributed by atoms with E-state index in [9.17, 15) is 14.0 Å². The van der Waals surface area contributed by atoms with Gasteiger partial charge in [0.15, 0.2) is 5.56 Å². The summed E-state index contributed by atoms with van der Waals surface area (Å²) in [6, 6.07) is 2.59. The van der Waals surface area contributed by atoms with E-state index in [1.807, 2.05) is 0 Å². The summed E-state index contributed by atoms with van der Waals surface area (Å²) in [6.07, 6.45) is 1.21. The van der Waals surface area contributed by atoms with Crippen molar-refractivity contribution in [3.8, 4) is 5.69 Å². The number of nitrogens with two attached hydrogens (primary N) is 1. The zero-order valence-electron chi connectivity index (χ0n) is 11.8. The number of hydrogen-bond acceptors (Lipinski definition) is 5. The molecule has 6 nitrogen and oxygen atoms in total. The van der Waals surface area contributed by atoms with E-state index < -0.39 is 17.3 Å². The minimum absolute atomic E-state index is 0.208. The van der Waals surface area contributed by atoms with E-state index in [1.54, 1.807) is 13.8 Å². The molecule has 7 heteroatoms. The summed E-state index contributed by atoms with van der Waals surface area (Å²) in [6.45, 7) is 3.32. The molecule has 1 aromatic carbocycles. The van der Waals surface area contributed by atoms with Crippen LogP contribution in [0, 0.1) is 19.7 Å². The Balaban J connectivity index is 2.78. The van der Waals surface area contributed by atoms with Gasteiger partial charge < -0.3 is 10.5 Å². The number of carbonyl (C=O) groups excluding carboxylic acids is 1. The van der Waals surface area contributed by atoms with E-state index in [4.69, 9.17) is 5.73 Å². The highest BCUT2D eigenvalue weighted by Crippen LogP contribution is 2.19. The van der Waals surface area contributed by atoms with Crippen molar-refractivity contribution in [2.24, 2.45) is 0 Å². The van der Waals surface area contributed by atoms with Crippen LogP contribution in [-0.2, 0) is 4.74 Å². The molecule has 21 heavy (non-hydrogen) atoms. The lowest BCUT2D eigenvalue weighted by atomic mass is 10.1. The van der Waals surface area contributed by atoms with Gasteiger partial charge in [0, 0.05) is 0 Å². The molecule has 0 atom stereocenters. The van der Waals surface area contributed by atoms with Gasteiger partial charge in [0.25, 0.3) is 5.56 Å². The van der Waals surface area contributed by atoms with Gasteiger partial charge in [-0.2, -0.15) is 0 Å². The third-order valence-corrected chi connectivity index (χ3v) is 3.09. The van der Waals surface area contributed by atoms with Crippen molar-refractivity contribution in [1.82, 2.24) is 9.55 Å². The van der Waals surface area contributed by atoms with Gasteiger partial charge >= 0.3 is 5.97 Å². The number of halogens is 1. The van der Waals surface area contributed by atoms with Crippen LogP contribution in [0.25, 0.3) is 5.69 Å². The van der Waals surface area contributed by atoms with Gasteiger partial charge in [-0.05, 0) is 37.1 Å². The minimum Gasteiger partial charge on any atom is -0.465 e. The first-order valence-electron chi connectivity index (χ1n) is 6.09. The average molecular weight is 291 g/mol. The molecule has 0 spiro atoms. The van der Waals surface area contributed by atoms with Crippen molar-refractivity contribution in [3.05, 3.63) is 51.3 Å². The SMILES string of the molecule is COC(=O)c1c(N)ncn(-c2c(C)cc(F)cc2C)c1=O. The van der Waals surface area contributed by atoms with Crippen molar-refractivity contribution < 1.29 is 13.9 Å². The van der Waals surface area contributed by atoms with Gasteiger partial charge in [-0.15, -0.1) is 0 Å². The molecule has 2 N–H and O–H groups in total. The van der Waals surface area contributed by atoms with Crippen LogP contribution in [0.15, 0.2) is 23.3 Å². The molecule has 1 aromatic heterocycles. The maximum Gasteiger partial charge on any atom is 0.347 e. The number of ether oxygens (including phenoxy) is 1. The van der Waals surface area contributed by atoms with Crippen LogP contribution in [0.2, 0.25) is 0 Å². The van der Waals surface area contributed by atoms with E-state index in [0.717, 1.165) is 11.7 Å². The summed E-state index contributed by atoms with van der Waals surface area (Å²) in [4.78, 5) is 27.9. The molecule has 0 amide bonds. The Bertz CT molecular complexity index is 761. The summed E-state index contributed by atoms with van der Waals surface area (Å²) in [5.41, 5.74) is 6.09. The Labute approximate surface area is 120 Å². The number of benzene rings is 1. The number of nitrogens with zero attached hydrogens (tertiary/aromatic N) is 2.